The molecule has 1 atom stereocenters. The second-order valence-electron chi connectivity index (χ2n) is 6.95. The normalized spacial score (nSPS) is 22.6. The van der Waals surface area contributed by atoms with Gasteiger partial charge in [-0.15, -0.1) is 0 Å². The van der Waals surface area contributed by atoms with Crippen LogP contribution in [0.5, 0.6) is 0 Å². The minimum atomic E-state index is -3.91. The summed E-state index contributed by atoms with van der Waals surface area (Å²) in [6.07, 6.45) is 0.869. The first-order chi connectivity index (χ1) is 12.8. The summed E-state index contributed by atoms with van der Waals surface area (Å²) < 4.78 is 32.5. The molecule has 148 valence electrons. The van der Waals surface area contributed by atoms with E-state index >= 15 is 0 Å². The number of amides is 1. The number of piperidine rings is 1. The highest BCUT2D eigenvalue weighted by Gasteiger charge is 2.36. The number of carboxylic acid groups (broad SMARTS) is 1. The van der Waals surface area contributed by atoms with Crippen LogP contribution in [0.4, 0.5) is 0 Å². The summed E-state index contributed by atoms with van der Waals surface area (Å²) in [6.45, 7) is 3.97. The molecule has 0 aromatic heterocycles. The van der Waals surface area contributed by atoms with Crippen LogP contribution in [0.25, 0.3) is 0 Å². The summed E-state index contributed by atoms with van der Waals surface area (Å²) in [5.74, 6) is -1.44. The Morgan fingerprint density at radius 3 is 2.44 bits per heavy atom. The third-order valence-corrected chi connectivity index (χ3v) is 7.05. The summed E-state index contributed by atoms with van der Waals surface area (Å²) in [5.41, 5.74) is -0.238. The second kappa shape index (κ2) is 7.95. The van der Waals surface area contributed by atoms with Crippen molar-refractivity contribution in [3.8, 4) is 0 Å². The molecule has 2 heterocycles. The third-order valence-electron chi connectivity index (χ3n) is 5.09. The van der Waals surface area contributed by atoms with E-state index in [0.717, 1.165) is 0 Å². The first kappa shape index (κ1) is 19.8. The van der Waals surface area contributed by atoms with E-state index in [1.54, 1.807) is 4.90 Å². The number of hydrogen-bond acceptors (Lipinski definition) is 5. The molecule has 0 spiro atoms. The van der Waals surface area contributed by atoms with E-state index in [1.165, 1.54) is 28.6 Å². The van der Waals surface area contributed by atoms with Crippen LogP contribution < -0.4 is 0 Å². The molecule has 0 radical (unpaired) electrons. The van der Waals surface area contributed by atoms with E-state index < -0.39 is 16.0 Å². The van der Waals surface area contributed by atoms with Crippen LogP contribution in [-0.4, -0.2) is 73.5 Å². The van der Waals surface area contributed by atoms with Gasteiger partial charge in [0.2, 0.25) is 15.9 Å². The molecule has 27 heavy (non-hydrogen) atoms. The minimum absolute atomic E-state index is 0.00990. The summed E-state index contributed by atoms with van der Waals surface area (Å²) in [5, 5.41) is 9.26. The molecule has 1 amide bonds. The quantitative estimate of drug-likeness (QED) is 0.815. The van der Waals surface area contributed by atoms with Crippen molar-refractivity contribution in [3.05, 3.63) is 29.8 Å². The topological polar surface area (TPSA) is 104 Å². The van der Waals surface area contributed by atoms with Crippen molar-refractivity contribution in [2.45, 2.75) is 30.8 Å². The monoisotopic (exact) mass is 396 g/mol. The van der Waals surface area contributed by atoms with Gasteiger partial charge in [-0.1, -0.05) is 12.1 Å². The smallest absolute Gasteiger partial charge is 0.337 e. The van der Waals surface area contributed by atoms with Crippen LogP contribution in [0.3, 0.4) is 0 Å². The van der Waals surface area contributed by atoms with Gasteiger partial charge in [0.1, 0.15) is 0 Å². The average molecular weight is 396 g/mol. The molecule has 2 aliphatic heterocycles. The number of hydrogen-bond donors (Lipinski definition) is 1. The number of rotatable bonds is 4. The second-order valence-corrected chi connectivity index (χ2v) is 8.85. The first-order valence-corrected chi connectivity index (χ1v) is 10.5. The SMILES string of the molecule is CC1CN(C(=O)C2CCN(S(=O)(=O)c3ccccc3C(=O)O)CC2)CCO1. The summed E-state index contributed by atoms with van der Waals surface area (Å²) in [6, 6.07) is 5.60. The molecular weight excluding hydrogens is 372 g/mol. The molecule has 1 aromatic carbocycles. The zero-order chi connectivity index (χ0) is 19.6. The maximum absolute atomic E-state index is 12.9. The van der Waals surface area contributed by atoms with E-state index in [4.69, 9.17) is 4.74 Å². The number of carbonyl (C=O) groups is 2. The molecule has 3 rings (SSSR count). The fraction of sp³-hybridized carbons (Fsp3) is 0.556. The lowest BCUT2D eigenvalue weighted by molar-refractivity contribution is -0.143. The number of sulfonamides is 1. The molecule has 0 aliphatic carbocycles. The van der Waals surface area contributed by atoms with Crippen LogP contribution in [0.15, 0.2) is 29.2 Å². The van der Waals surface area contributed by atoms with E-state index in [9.17, 15) is 23.1 Å². The molecular formula is C18H24N2O6S. The number of nitrogens with zero attached hydrogens (tertiary/aromatic N) is 2. The van der Waals surface area contributed by atoms with E-state index in [0.29, 0.717) is 32.5 Å². The number of aromatic carboxylic acids is 1. The maximum Gasteiger partial charge on any atom is 0.337 e. The molecule has 1 N–H and O–H groups in total. The molecule has 2 aliphatic rings. The molecule has 8 nitrogen and oxygen atoms in total. The Hall–Kier alpha value is -1.97. The first-order valence-electron chi connectivity index (χ1n) is 9.03. The predicted octanol–water partition coefficient (Wildman–Crippen LogP) is 1.03. The van der Waals surface area contributed by atoms with Crippen LogP contribution in [0.2, 0.25) is 0 Å². The van der Waals surface area contributed by atoms with Crippen LogP contribution in [0.1, 0.15) is 30.1 Å². The van der Waals surface area contributed by atoms with Gasteiger partial charge in [-0.3, -0.25) is 4.79 Å². The maximum atomic E-state index is 12.9. The van der Waals surface area contributed by atoms with Crippen molar-refractivity contribution in [3.63, 3.8) is 0 Å². The minimum Gasteiger partial charge on any atom is -0.478 e. The highest BCUT2D eigenvalue weighted by atomic mass is 32.2. The third kappa shape index (κ3) is 4.15. The number of carbonyl (C=O) groups excluding carboxylic acids is 1. The zero-order valence-electron chi connectivity index (χ0n) is 15.2. The Kier molecular flexibility index (Phi) is 5.83. The van der Waals surface area contributed by atoms with Gasteiger partial charge in [0, 0.05) is 32.1 Å². The van der Waals surface area contributed by atoms with Gasteiger partial charge in [0.15, 0.2) is 0 Å². The van der Waals surface area contributed by atoms with Gasteiger partial charge in [-0.25, -0.2) is 13.2 Å². The van der Waals surface area contributed by atoms with Crippen LogP contribution in [-0.2, 0) is 19.6 Å². The van der Waals surface area contributed by atoms with Crippen molar-refractivity contribution >= 4 is 21.9 Å². The number of ether oxygens (including phenoxy) is 1. The average Bonchev–Trinajstić information content (AvgIpc) is 2.67. The summed E-state index contributed by atoms with van der Waals surface area (Å²) in [4.78, 5) is 25.6. The Labute approximate surface area is 158 Å². The fourth-order valence-electron chi connectivity index (χ4n) is 3.63. The lowest BCUT2D eigenvalue weighted by Crippen LogP contribution is -2.49. The summed E-state index contributed by atoms with van der Waals surface area (Å²) in [7, 11) is -3.91. The lowest BCUT2D eigenvalue weighted by Gasteiger charge is -2.36. The molecule has 1 aromatic rings. The van der Waals surface area contributed by atoms with E-state index in [1.807, 2.05) is 6.92 Å². The molecule has 0 bridgehead atoms. The van der Waals surface area contributed by atoms with Crippen molar-refractivity contribution in [1.29, 1.82) is 0 Å². The number of benzene rings is 1. The molecule has 0 saturated carbocycles. The molecule has 9 heteroatoms. The van der Waals surface area contributed by atoms with Crippen molar-refractivity contribution in [2.24, 2.45) is 5.92 Å². The van der Waals surface area contributed by atoms with Crippen LogP contribution >= 0.6 is 0 Å². The lowest BCUT2D eigenvalue weighted by atomic mass is 9.96. The summed E-state index contributed by atoms with van der Waals surface area (Å²) >= 11 is 0. The number of carboxylic acids is 1. The van der Waals surface area contributed by atoms with E-state index in [2.05, 4.69) is 0 Å². The fourth-order valence-corrected chi connectivity index (χ4v) is 5.28. The predicted molar refractivity (Wildman–Crippen MR) is 96.9 cm³/mol. The van der Waals surface area contributed by atoms with Gasteiger partial charge in [0.05, 0.1) is 23.2 Å². The Morgan fingerprint density at radius 2 is 1.81 bits per heavy atom. The van der Waals surface area contributed by atoms with Gasteiger partial charge >= 0.3 is 5.97 Å². The van der Waals surface area contributed by atoms with Crippen LogP contribution in [0, 0.1) is 5.92 Å². The Morgan fingerprint density at radius 1 is 1.15 bits per heavy atom. The molecule has 2 fully saturated rings. The zero-order valence-corrected chi connectivity index (χ0v) is 16.0. The van der Waals surface area contributed by atoms with Gasteiger partial charge in [-0.2, -0.15) is 4.31 Å². The largest absolute Gasteiger partial charge is 0.478 e. The Balaban J connectivity index is 1.68. The van der Waals surface area contributed by atoms with Crippen molar-refractivity contribution in [2.75, 3.05) is 32.8 Å². The van der Waals surface area contributed by atoms with Crippen molar-refractivity contribution < 1.29 is 27.9 Å². The highest BCUT2D eigenvalue weighted by Crippen LogP contribution is 2.27. The molecule has 2 saturated heterocycles. The van der Waals surface area contributed by atoms with Gasteiger partial charge < -0.3 is 14.7 Å². The standard InChI is InChI=1S/C18H24N2O6S/c1-13-12-19(10-11-26-13)17(21)14-6-8-20(9-7-14)27(24,25)16-5-3-2-4-15(16)18(22)23/h2-5,13-14H,6-12H2,1H3,(H,22,23). The number of morpholine rings is 1. The molecule has 1 unspecified atom stereocenters. The van der Waals surface area contributed by atoms with E-state index in [-0.39, 0.29) is 41.5 Å². The van der Waals surface area contributed by atoms with Gasteiger partial charge in [-0.05, 0) is 31.9 Å². The Bertz CT molecular complexity index is 817. The van der Waals surface area contributed by atoms with Gasteiger partial charge in [0.25, 0.3) is 0 Å². The van der Waals surface area contributed by atoms with Crippen molar-refractivity contribution in [1.82, 2.24) is 9.21 Å². The highest BCUT2D eigenvalue weighted by molar-refractivity contribution is 7.89.